The van der Waals surface area contributed by atoms with E-state index in [9.17, 15) is 9.59 Å². The first-order valence-corrected chi connectivity index (χ1v) is 13.1. The van der Waals surface area contributed by atoms with Crippen molar-refractivity contribution in [2.24, 2.45) is 0 Å². The number of para-hydroxylation sites is 1. The molecule has 31 heavy (non-hydrogen) atoms. The molecule has 0 aliphatic carbocycles. The third-order valence-corrected chi connectivity index (χ3v) is 8.23. The Kier molecular flexibility index (Phi) is 6.79. The van der Waals surface area contributed by atoms with Gasteiger partial charge in [0.2, 0.25) is 0 Å². The normalized spacial score (nSPS) is 19.6. The topological polar surface area (TPSA) is 45.6 Å². The summed E-state index contributed by atoms with van der Waals surface area (Å²) in [6.07, 6.45) is 2.62. The number of anilines is 1. The number of rotatable bonds is 5. The molecule has 5 nitrogen and oxygen atoms in total. The van der Waals surface area contributed by atoms with Gasteiger partial charge in [0.1, 0.15) is 4.32 Å². The minimum Gasteiger partial charge on any atom is -0.369 e. The van der Waals surface area contributed by atoms with Crippen LogP contribution in [0.25, 0.3) is 17.0 Å². The van der Waals surface area contributed by atoms with E-state index in [1.807, 2.05) is 50.7 Å². The van der Waals surface area contributed by atoms with E-state index < -0.39 is 0 Å². The Bertz CT molecular complexity index is 1120. The smallest absolute Gasteiger partial charge is 0.266 e. The van der Waals surface area contributed by atoms with Crippen LogP contribution in [0.4, 0.5) is 5.69 Å². The van der Waals surface area contributed by atoms with Crippen molar-refractivity contribution in [3.05, 3.63) is 45.1 Å². The van der Waals surface area contributed by atoms with Crippen molar-refractivity contribution in [3.63, 3.8) is 0 Å². The fraction of sp³-hybridized carbons (Fsp3) is 0.435. The largest absolute Gasteiger partial charge is 0.369 e. The number of aryl methyl sites for hydroxylation is 1. The zero-order valence-corrected chi connectivity index (χ0v) is 20.5. The van der Waals surface area contributed by atoms with Gasteiger partial charge in [-0.2, -0.15) is 11.8 Å². The maximum absolute atomic E-state index is 13.6. The molecule has 2 aliphatic heterocycles. The van der Waals surface area contributed by atoms with Gasteiger partial charge in [-0.25, -0.2) is 0 Å². The Labute approximate surface area is 196 Å². The summed E-state index contributed by atoms with van der Waals surface area (Å²) in [6, 6.07) is 8.12. The number of nitrogens with zero attached hydrogens (tertiary/aromatic N) is 3. The van der Waals surface area contributed by atoms with Gasteiger partial charge in [0.15, 0.2) is 0 Å². The number of hydrogen-bond acceptors (Lipinski definition) is 6. The molecule has 2 aliphatic rings. The number of carbonyl (C=O) groups excluding carboxylic acids is 1. The highest BCUT2D eigenvalue weighted by molar-refractivity contribution is 8.26. The number of carbonyl (C=O) groups is 1. The average Bonchev–Trinajstić information content (AvgIpc) is 3.07. The van der Waals surface area contributed by atoms with E-state index in [0.29, 0.717) is 21.3 Å². The summed E-state index contributed by atoms with van der Waals surface area (Å²) in [5.41, 5.74) is 2.42. The Morgan fingerprint density at radius 2 is 1.87 bits per heavy atom. The number of thioether (sulfide) groups is 2. The number of benzene rings is 1. The van der Waals surface area contributed by atoms with Crippen LogP contribution in [-0.2, 0) is 11.3 Å². The van der Waals surface area contributed by atoms with Gasteiger partial charge in [-0.3, -0.25) is 14.5 Å². The lowest BCUT2D eigenvalue weighted by Crippen LogP contribution is -2.36. The predicted octanol–water partition coefficient (Wildman–Crippen LogP) is 4.57. The summed E-state index contributed by atoms with van der Waals surface area (Å²) in [5, 5.41) is 1.06. The molecule has 4 rings (SSSR count). The lowest BCUT2D eigenvalue weighted by atomic mass is 10.1. The zero-order chi connectivity index (χ0) is 22.1. The first-order valence-electron chi connectivity index (χ1n) is 10.7. The number of pyridine rings is 1. The van der Waals surface area contributed by atoms with E-state index in [1.54, 1.807) is 15.5 Å². The van der Waals surface area contributed by atoms with Crippen molar-refractivity contribution in [1.82, 2.24) is 9.47 Å². The number of thiocarbonyl (C=S) groups is 1. The van der Waals surface area contributed by atoms with Crippen molar-refractivity contribution < 1.29 is 4.79 Å². The first-order chi connectivity index (χ1) is 15.0. The van der Waals surface area contributed by atoms with Crippen LogP contribution in [-0.4, -0.2) is 50.3 Å². The molecule has 0 bridgehead atoms. The second-order valence-corrected chi connectivity index (χ2v) is 10.6. The summed E-state index contributed by atoms with van der Waals surface area (Å²) in [6.45, 7) is 8.38. The molecule has 0 radical (unpaired) electrons. The molecule has 1 unspecified atom stereocenters. The van der Waals surface area contributed by atoms with E-state index in [2.05, 4.69) is 11.0 Å². The van der Waals surface area contributed by atoms with Crippen LogP contribution in [0, 0.1) is 0 Å². The second kappa shape index (κ2) is 9.38. The second-order valence-electron chi connectivity index (χ2n) is 7.74. The highest BCUT2D eigenvalue weighted by Gasteiger charge is 2.35. The zero-order valence-electron chi connectivity index (χ0n) is 18.1. The summed E-state index contributed by atoms with van der Waals surface area (Å²) in [7, 11) is 0. The standard InChI is InChI=1S/C23H27N3O2S3/c1-4-15(3)26-22(28)19(31-23(26)29)14-17-20(24-10-12-30-13-11-24)16-8-6-7-9-18(16)25(5-2)21(17)27/h6-9,14-15H,4-5,10-13H2,1-3H3. The van der Waals surface area contributed by atoms with E-state index >= 15 is 0 Å². The van der Waals surface area contributed by atoms with E-state index in [1.165, 1.54) is 11.8 Å². The van der Waals surface area contributed by atoms with Crippen LogP contribution in [0.2, 0.25) is 0 Å². The molecule has 2 saturated heterocycles. The number of hydrogen-bond donors (Lipinski definition) is 0. The van der Waals surface area contributed by atoms with Gasteiger partial charge in [-0.05, 0) is 32.4 Å². The van der Waals surface area contributed by atoms with Gasteiger partial charge in [0.25, 0.3) is 11.5 Å². The summed E-state index contributed by atoms with van der Waals surface area (Å²) in [5.74, 6) is 1.96. The quantitative estimate of drug-likeness (QED) is 0.468. The minimum atomic E-state index is -0.0971. The van der Waals surface area contributed by atoms with Crippen molar-refractivity contribution in [2.45, 2.75) is 39.8 Å². The van der Waals surface area contributed by atoms with Gasteiger partial charge in [-0.1, -0.05) is 49.1 Å². The lowest BCUT2D eigenvalue weighted by Gasteiger charge is -2.31. The van der Waals surface area contributed by atoms with Crippen LogP contribution in [0.1, 0.15) is 32.8 Å². The van der Waals surface area contributed by atoms with E-state index in [-0.39, 0.29) is 17.5 Å². The maximum Gasteiger partial charge on any atom is 0.266 e. The molecular weight excluding hydrogens is 446 g/mol. The van der Waals surface area contributed by atoms with Crippen LogP contribution >= 0.6 is 35.7 Å². The van der Waals surface area contributed by atoms with Crippen molar-refractivity contribution >= 4 is 68.6 Å². The third kappa shape index (κ3) is 4.05. The predicted molar refractivity (Wildman–Crippen MR) is 138 cm³/mol. The molecular formula is C23H27N3O2S3. The van der Waals surface area contributed by atoms with Gasteiger partial charge in [-0.15, -0.1) is 0 Å². The van der Waals surface area contributed by atoms with Gasteiger partial charge >= 0.3 is 0 Å². The summed E-state index contributed by atoms with van der Waals surface area (Å²) in [4.78, 5) is 31.3. The molecule has 0 N–H and O–H groups in total. The molecule has 1 atom stereocenters. The van der Waals surface area contributed by atoms with Crippen LogP contribution in [0.3, 0.4) is 0 Å². The Morgan fingerprint density at radius 3 is 2.55 bits per heavy atom. The molecule has 8 heteroatoms. The van der Waals surface area contributed by atoms with Gasteiger partial charge in [0, 0.05) is 42.6 Å². The SMILES string of the molecule is CCC(C)N1C(=O)C(=Cc2c(N3CCSCC3)c3ccccc3n(CC)c2=O)SC1=S. The Hall–Kier alpha value is -1.77. The van der Waals surface area contributed by atoms with E-state index in [4.69, 9.17) is 12.2 Å². The molecule has 0 spiro atoms. The molecule has 2 aromatic rings. The summed E-state index contributed by atoms with van der Waals surface area (Å²) < 4.78 is 2.37. The van der Waals surface area contributed by atoms with Crippen LogP contribution < -0.4 is 10.5 Å². The molecule has 3 heterocycles. The third-order valence-electron chi connectivity index (χ3n) is 5.95. The monoisotopic (exact) mass is 473 g/mol. The highest BCUT2D eigenvalue weighted by atomic mass is 32.2. The fourth-order valence-corrected chi connectivity index (χ4v) is 6.50. The number of aromatic nitrogens is 1. The minimum absolute atomic E-state index is 0.0425. The van der Waals surface area contributed by atoms with Crippen LogP contribution in [0.15, 0.2) is 34.0 Å². The van der Waals surface area contributed by atoms with E-state index in [0.717, 1.165) is 47.6 Å². The van der Waals surface area contributed by atoms with Crippen molar-refractivity contribution in [2.75, 3.05) is 29.5 Å². The highest BCUT2D eigenvalue weighted by Crippen LogP contribution is 2.37. The van der Waals surface area contributed by atoms with Crippen molar-refractivity contribution in [3.8, 4) is 0 Å². The Morgan fingerprint density at radius 1 is 1.16 bits per heavy atom. The van der Waals surface area contributed by atoms with Crippen molar-refractivity contribution in [1.29, 1.82) is 0 Å². The summed E-state index contributed by atoms with van der Waals surface area (Å²) >= 11 is 8.74. The molecule has 1 amide bonds. The van der Waals surface area contributed by atoms with Gasteiger partial charge < -0.3 is 9.47 Å². The molecule has 1 aromatic heterocycles. The molecule has 1 aromatic carbocycles. The average molecular weight is 474 g/mol. The Balaban J connectivity index is 1.94. The molecule has 164 valence electrons. The van der Waals surface area contributed by atoms with Crippen LogP contribution in [0.5, 0.6) is 0 Å². The molecule has 2 fully saturated rings. The lowest BCUT2D eigenvalue weighted by molar-refractivity contribution is -0.123. The van der Waals surface area contributed by atoms with Gasteiger partial charge in [0.05, 0.1) is 21.7 Å². The fourth-order valence-electron chi connectivity index (χ4n) is 4.16. The number of fused-ring (bicyclic) bond motifs is 1. The first kappa shape index (κ1) is 22.4. The maximum atomic E-state index is 13.6. The number of amides is 1. The molecule has 0 saturated carbocycles.